The summed E-state index contributed by atoms with van der Waals surface area (Å²) in [5, 5.41) is 40.0. The van der Waals surface area contributed by atoms with Crippen molar-refractivity contribution in [1.82, 2.24) is 0 Å². The predicted molar refractivity (Wildman–Crippen MR) is 77.3 cm³/mol. The summed E-state index contributed by atoms with van der Waals surface area (Å²) in [5.74, 6) is -6.18. The van der Waals surface area contributed by atoms with Crippen LogP contribution in [0.4, 0.5) is 0 Å². The molecule has 0 unspecified atom stereocenters. The first kappa shape index (κ1) is 30.3. The summed E-state index contributed by atoms with van der Waals surface area (Å²) in [4.78, 5) is 40.0. The summed E-state index contributed by atoms with van der Waals surface area (Å²) in [6.45, 7) is 3.12. The van der Waals surface area contributed by atoms with Gasteiger partial charge < -0.3 is 39.6 Å². The Hall–Kier alpha value is -1.63. The normalized spacial score (nSPS) is 10.9. The molecule has 0 saturated heterocycles. The fourth-order valence-electron chi connectivity index (χ4n) is 0.963. The molecular weight excluding hydrogens is 345 g/mol. The Morgan fingerprint density at radius 3 is 1.00 bits per heavy atom. The van der Waals surface area contributed by atoms with Gasteiger partial charge in [0.1, 0.15) is 0 Å². The minimum Gasteiger partial charge on any atom is -0.545 e. The fourth-order valence-corrected chi connectivity index (χ4v) is 0.963. The number of hydrogen-bond acceptors (Lipinski definition) is 8. The molecule has 0 amide bonds. The van der Waals surface area contributed by atoms with Gasteiger partial charge >= 0.3 is 46.1 Å². The number of carbonyl (C=O) groups is 4. The maximum absolute atomic E-state index is 10.1. The van der Waals surface area contributed by atoms with Crippen molar-refractivity contribution in [2.24, 2.45) is 0 Å². The van der Waals surface area contributed by atoms with Crippen LogP contribution in [0.1, 0.15) is 13.8 Å². The van der Waals surface area contributed by atoms with Crippen molar-refractivity contribution in [3.05, 3.63) is 47.6 Å². The molecule has 120 valence electrons. The molecular formula is C14H12Mg2O8. The monoisotopic (exact) mass is 356 g/mol. The molecule has 0 bridgehead atoms. The van der Waals surface area contributed by atoms with Gasteiger partial charge in [0.15, 0.2) is 0 Å². The zero-order chi connectivity index (χ0) is 17.7. The Morgan fingerprint density at radius 1 is 0.625 bits per heavy atom. The topological polar surface area (TPSA) is 161 Å². The SMILES string of the molecule is C/C=C/C(=C/C(=O)[O-])C(=O)[O-].C/C=C/C(=C/C(=O)[O-])C(=O)[O-].[Mg+2].[Mg+2]. The third-order valence-corrected chi connectivity index (χ3v) is 1.71. The van der Waals surface area contributed by atoms with E-state index in [0.717, 1.165) is 12.2 Å². The minimum absolute atomic E-state index is 0. The zero-order valence-corrected chi connectivity index (χ0v) is 16.0. The molecule has 0 aliphatic rings. The van der Waals surface area contributed by atoms with Crippen LogP contribution in [0.3, 0.4) is 0 Å². The van der Waals surface area contributed by atoms with Crippen molar-refractivity contribution in [2.45, 2.75) is 13.8 Å². The summed E-state index contributed by atoms with van der Waals surface area (Å²) in [6.07, 6.45) is 5.95. The van der Waals surface area contributed by atoms with Gasteiger partial charge in [0, 0.05) is 0 Å². The molecule has 0 aromatic rings. The molecule has 24 heavy (non-hydrogen) atoms. The molecule has 0 aromatic heterocycles. The number of hydrogen-bond donors (Lipinski definition) is 0. The fraction of sp³-hybridized carbons (Fsp3) is 0.143. The molecule has 0 aliphatic carbocycles. The van der Waals surface area contributed by atoms with Crippen LogP contribution in [0.15, 0.2) is 47.6 Å². The Bertz CT molecular complexity index is 509. The van der Waals surface area contributed by atoms with Crippen molar-refractivity contribution in [1.29, 1.82) is 0 Å². The molecule has 0 aromatic carbocycles. The van der Waals surface area contributed by atoms with Gasteiger partial charge in [-0.15, -0.1) is 0 Å². The Kier molecular flexibility index (Phi) is 22.4. The molecule has 0 spiro atoms. The van der Waals surface area contributed by atoms with Crippen molar-refractivity contribution in [3.8, 4) is 0 Å². The number of carbonyl (C=O) groups excluding carboxylic acids is 4. The van der Waals surface area contributed by atoms with Crippen molar-refractivity contribution in [2.75, 3.05) is 0 Å². The van der Waals surface area contributed by atoms with Crippen LogP contribution in [0, 0.1) is 0 Å². The molecule has 0 aliphatic heterocycles. The maximum atomic E-state index is 10.1. The molecule has 0 radical (unpaired) electrons. The van der Waals surface area contributed by atoms with E-state index in [9.17, 15) is 39.6 Å². The third kappa shape index (κ3) is 18.4. The van der Waals surface area contributed by atoms with Gasteiger partial charge in [-0.3, -0.25) is 0 Å². The van der Waals surface area contributed by atoms with Crippen LogP contribution in [-0.2, 0) is 19.2 Å². The molecule has 10 heteroatoms. The molecule has 8 nitrogen and oxygen atoms in total. The van der Waals surface area contributed by atoms with E-state index in [0.29, 0.717) is 12.2 Å². The van der Waals surface area contributed by atoms with Crippen LogP contribution in [0.5, 0.6) is 0 Å². The summed E-state index contributed by atoms with van der Waals surface area (Å²) in [5.41, 5.74) is -0.819. The smallest absolute Gasteiger partial charge is 0.545 e. The summed E-state index contributed by atoms with van der Waals surface area (Å²) >= 11 is 0. The average Bonchev–Trinajstić information content (AvgIpc) is 2.37. The largest absolute Gasteiger partial charge is 2.00 e. The Balaban J connectivity index is -0.000000154. The first-order chi connectivity index (χ1) is 10.1. The van der Waals surface area contributed by atoms with Gasteiger partial charge in [0.25, 0.3) is 0 Å². The Morgan fingerprint density at radius 2 is 0.875 bits per heavy atom. The summed E-state index contributed by atoms with van der Waals surface area (Å²) < 4.78 is 0. The second-order valence-corrected chi connectivity index (χ2v) is 3.41. The van der Waals surface area contributed by atoms with Crippen LogP contribution in [-0.4, -0.2) is 70.0 Å². The molecule has 0 saturated carbocycles. The summed E-state index contributed by atoms with van der Waals surface area (Å²) in [6, 6.07) is 0. The predicted octanol–water partition coefficient (Wildman–Crippen LogP) is -4.78. The first-order valence-corrected chi connectivity index (χ1v) is 5.69. The van der Waals surface area contributed by atoms with E-state index in [-0.39, 0.29) is 46.1 Å². The van der Waals surface area contributed by atoms with E-state index >= 15 is 0 Å². The van der Waals surface area contributed by atoms with Gasteiger partial charge in [-0.1, -0.05) is 24.3 Å². The third-order valence-electron chi connectivity index (χ3n) is 1.71. The number of carboxylic acids is 4. The second-order valence-electron chi connectivity index (χ2n) is 3.41. The van der Waals surface area contributed by atoms with Gasteiger partial charge in [-0.2, -0.15) is 0 Å². The van der Waals surface area contributed by atoms with E-state index in [4.69, 9.17) is 0 Å². The molecule has 0 atom stereocenters. The first-order valence-electron chi connectivity index (χ1n) is 5.69. The van der Waals surface area contributed by atoms with E-state index < -0.39 is 35.0 Å². The molecule has 0 N–H and O–H groups in total. The van der Waals surface area contributed by atoms with Crippen molar-refractivity contribution in [3.63, 3.8) is 0 Å². The van der Waals surface area contributed by atoms with Crippen LogP contribution in [0.2, 0.25) is 0 Å². The van der Waals surface area contributed by atoms with Crippen LogP contribution < -0.4 is 20.4 Å². The van der Waals surface area contributed by atoms with E-state index in [2.05, 4.69) is 0 Å². The second kappa shape index (κ2) is 17.7. The average molecular weight is 357 g/mol. The van der Waals surface area contributed by atoms with Crippen LogP contribution >= 0.6 is 0 Å². The molecule has 0 rings (SSSR count). The van der Waals surface area contributed by atoms with Gasteiger partial charge in [-0.25, -0.2) is 0 Å². The van der Waals surface area contributed by atoms with Gasteiger partial charge in [0.2, 0.25) is 0 Å². The van der Waals surface area contributed by atoms with Crippen molar-refractivity contribution >= 4 is 70.0 Å². The quantitative estimate of drug-likeness (QED) is 0.260. The molecule has 0 heterocycles. The van der Waals surface area contributed by atoms with Crippen molar-refractivity contribution < 1.29 is 39.6 Å². The Labute approximate surface area is 170 Å². The number of carboxylic acid groups (broad SMARTS) is 4. The number of rotatable bonds is 6. The number of allylic oxidation sites excluding steroid dienone is 2. The minimum atomic E-state index is -1.55. The van der Waals surface area contributed by atoms with Gasteiger partial charge in [0.05, 0.1) is 23.9 Å². The maximum Gasteiger partial charge on any atom is 2.00 e. The molecule has 0 fully saturated rings. The van der Waals surface area contributed by atoms with E-state index in [1.807, 2.05) is 0 Å². The number of aliphatic carboxylic acids is 4. The van der Waals surface area contributed by atoms with Gasteiger partial charge in [-0.05, 0) is 37.1 Å². The van der Waals surface area contributed by atoms with E-state index in [1.165, 1.54) is 12.2 Å². The summed E-state index contributed by atoms with van der Waals surface area (Å²) in [7, 11) is 0. The van der Waals surface area contributed by atoms with E-state index in [1.54, 1.807) is 13.8 Å². The van der Waals surface area contributed by atoms with Crippen LogP contribution in [0.25, 0.3) is 0 Å². The zero-order valence-electron chi connectivity index (χ0n) is 13.1. The standard InChI is InChI=1S/2C7H8O4.2Mg/c2*1-2-3-5(7(10)11)4-6(8)9;;/h2*2-4H,1H3,(H,8,9)(H,10,11);;/q;;2*+2/p-4/b2*3-2+,5-4-;;.